The topological polar surface area (TPSA) is 70.0 Å². The van der Waals surface area contributed by atoms with E-state index >= 15 is 0 Å². The molecule has 0 saturated heterocycles. The third-order valence-corrected chi connectivity index (χ3v) is 6.72. The number of carboxylic acid groups (broad SMARTS) is 1. The van der Waals surface area contributed by atoms with E-state index < -0.39 is 11.7 Å². The molecule has 1 aromatic carbocycles. The molecule has 170 valence electrons. The Morgan fingerprint density at radius 3 is 2.27 bits per heavy atom. The van der Waals surface area contributed by atoms with Crippen molar-refractivity contribution in [2.24, 2.45) is 0 Å². The summed E-state index contributed by atoms with van der Waals surface area (Å²) in [5, 5.41) is 19.1. The number of rotatable bonds is 8. The zero-order valence-corrected chi connectivity index (χ0v) is 20.0. The Balaban J connectivity index is 1.96. The molecule has 2 N–H and O–H groups in total. The van der Waals surface area contributed by atoms with E-state index in [4.69, 9.17) is 4.74 Å². The molecule has 0 aromatic heterocycles. The van der Waals surface area contributed by atoms with E-state index in [9.17, 15) is 15.0 Å². The quantitative estimate of drug-likeness (QED) is 0.541. The van der Waals surface area contributed by atoms with Gasteiger partial charge in [-0.05, 0) is 108 Å². The smallest absolute Gasteiger partial charge is 0.407 e. The number of fused-ring (bicyclic) bond motifs is 1. The molecule has 1 unspecified atom stereocenters. The summed E-state index contributed by atoms with van der Waals surface area (Å²) in [6.45, 7) is 15.0. The van der Waals surface area contributed by atoms with Gasteiger partial charge in [-0.2, -0.15) is 0 Å². The Labute approximate surface area is 182 Å². The number of aliphatic hydroxyl groups excluding tert-OH is 1. The van der Waals surface area contributed by atoms with Crippen LogP contribution in [-0.2, 0) is 12.8 Å². The fourth-order valence-electron chi connectivity index (χ4n) is 4.51. The van der Waals surface area contributed by atoms with Crippen molar-refractivity contribution in [1.82, 2.24) is 4.90 Å². The fourth-order valence-corrected chi connectivity index (χ4v) is 4.51. The van der Waals surface area contributed by atoms with E-state index in [1.54, 1.807) is 0 Å². The van der Waals surface area contributed by atoms with Gasteiger partial charge in [0.25, 0.3) is 0 Å². The van der Waals surface area contributed by atoms with Gasteiger partial charge in [-0.25, -0.2) is 4.79 Å². The first kappa shape index (κ1) is 24.5. The van der Waals surface area contributed by atoms with Gasteiger partial charge in [-0.15, -0.1) is 0 Å². The van der Waals surface area contributed by atoms with E-state index in [2.05, 4.69) is 20.8 Å². The molecule has 5 nitrogen and oxygen atoms in total. The number of ether oxygens (including phenoxy) is 1. The monoisotopic (exact) mass is 419 g/mol. The van der Waals surface area contributed by atoms with Crippen molar-refractivity contribution in [3.05, 3.63) is 27.8 Å². The Morgan fingerprint density at radius 1 is 1.07 bits per heavy atom. The summed E-state index contributed by atoms with van der Waals surface area (Å²) in [7, 11) is 0. The van der Waals surface area contributed by atoms with E-state index in [0.29, 0.717) is 6.54 Å². The summed E-state index contributed by atoms with van der Waals surface area (Å²) in [6.07, 6.45) is 6.15. The Morgan fingerprint density at radius 2 is 1.70 bits per heavy atom. The molecule has 30 heavy (non-hydrogen) atoms. The van der Waals surface area contributed by atoms with Crippen LogP contribution >= 0.6 is 0 Å². The number of unbranched alkanes of at least 4 members (excludes halogenated alkanes) is 3. The van der Waals surface area contributed by atoms with Crippen molar-refractivity contribution in [2.75, 3.05) is 13.2 Å². The van der Waals surface area contributed by atoms with E-state index in [1.807, 2.05) is 27.7 Å². The number of hydrogen-bond acceptors (Lipinski definition) is 3. The second kappa shape index (κ2) is 9.59. The van der Waals surface area contributed by atoms with Crippen molar-refractivity contribution in [1.29, 1.82) is 0 Å². The molecule has 1 heterocycles. The lowest BCUT2D eigenvalue weighted by atomic mass is 9.84. The predicted octanol–water partition coefficient (Wildman–Crippen LogP) is 5.57. The molecule has 0 bridgehead atoms. The maximum absolute atomic E-state index is 11.4. The van der Waals surface area contributed by atoms with E-state index in [1.165, 1.54) is 32.7 Å². The predicted molar refractivity (Wildman–Crippen MR) is 122 cm³/mol. The Bertz CT molecular complexity index is 766. The zero-order chi connectivity index (χ0) is 22.7. The Kier molecular flexibility index (Phi) is 7.84. The summed E-state index contributed by atoms with van der Waals surface area (Å²) in [5.74, 6) is 0.979. The van der Waals surface area contributed by atoms with Crippen molar-refractivity contribution in [2.45, 2.75) is 105 Å². The maximum atomic E-state index is 11.4. The van der Waals surface area contributed by atoms with Crippen molar-refractivity contribution >= 4 is 6.09 Å². The van der Waals surface area contributed by atoms with Gasteiger partial charge in [0.05, 0.1) is 6.61 Å². The highest BCUT2D eigenvalue weighted by Gasteiger charge is 2.33. The van der Waals surface area contributed by atoms with Gasteiger partial charge in [0.2, 0.25) is 0 Å². The van der Waals surface area contributed by atoms with Crippen molar-refractivity contribution in [3.8, 4) is 5.75 Å². The Hall–Kier alpha value is -1.75. The normalized spacial score (nSPS) is 18.7. The number of carbonyl (C=O) groups is 1. The summed E-state index contributed by atoms with van der Waals surface area (Å²) in [5.41, 5.74) is 5.76. The van der Waals surface area contributed by atoms with Crippen LogP contribution in [0.5, 0.6) is 5.75 Å². The van der Waals surface area contributed by atoms with Gasteiger partial charge >= 0.3 is 6.09 Å². The highest BCUT2D eigenvalue weighted by molar-refractivity contribution is 5.65. The lowest BCUT2D eigenvalue weighted by molar-refractivity contribution is 0.00726. The van der Waals surface area contributed by atoms with Gasteiger partial charge in [-0.1, -0.05) is 12.8 Å². The average molecular weight is 420 g/mol. The third-order valence-electron chi connectivity index (χ3n) is 6.72. The molecule has 2 rings (SSSR count). The number of hydrogen-bond donors (Lipinski definition) is 2. The maximum Gasteiger partial charge on any atom is 0.407 e. The largest absolute Gasteiger partial charge is 0.485 e. The van der Waals surface area contributed by atoms with E-state index in [-0.39, 0.29) is 12.1 Å². The highest BCUT2D eigenvalue weighted by Crippen LogP contribution is 2.41. The summed E-state index contributed by atoms with van der Waals surface area (Å²) in [4.78, 5) is 13.0. The molecule has 1 amide bonds. The van der Waals surface area contributed by atoms with Crippen LogP contribution in [0.15, 0.2) is 0 Å². The number of aliphatic hydroxyl groups is 1. The van der Waals surface area contributed by atoms with Gasteiger partial charge < -0.3 is 19.8 Å². The minimum Gasteiger partial charge on any atom is -0.485 e. The van der Waals surface area contributed by atoms with Crippen LogP contribution < -0.4 is 4.74 Å². The van der Waals surface area contributed by atoms with Gasteiger partial charge in [-0.3, -0.25) is 0 Å². The molecular weight excluding hydrogens is 378 g/mol. The molecule has 1 atom stereocenters. The first-order valence-corrected chi connectivity index (χ1v) is 11.3. The molecule has 0 aliphatic carbocycles. The molecule has 1 aliphatic heterocycles. The molecule has 0 spiro atoms. The standard InChI is InChI=1S/C25H41NO4/c1-17-18(2)22-21(13-14-25(7,16-27)30-22)19(3)20(17)12-10-8-9-11-15-26(23(28)29)24(4,5)6/h27H,8-16H2,1-7H3,(H,28,29). The SMILES string of the molecule is Cc1c(C)c2c(c(C)c1CCCCCCN(C(=O)O)C(C)(C)C)CCC(C)(CO)O2. The van der Waals surface area contributed by atoms with E-state index in [0.717, 1.165) is 50.7 Å². The average Bonchev–Trinajstić information content (AvgIpc) is 2.66. The molecule has 0 fully saturated rings. The van der Waals surface area contributed by atoms with Gasteiger partial charge in [0.15, 0.2) is 0 Å². The number of benzene rings is 1. The summed E-state index contributed by atoms with van der Waals surface area (Å²) < 4.78 is 6.24. The molecule has 0 radical (unpaired) electrons. The fraction of sp³-hybridized carbons (Fsp3) is 0.720. The summed E-state index contributed by atoms with van der Waals surface area (Å²) in [6, 6.07) is 0. The van der Waals surface area contributed by atoms with Crippen LogP contribution in [-0.4, -0.2) is 45.5 Å². The van der Waals surface area contributed by atoms with Crippen LogP contribution in [0.25, 0.3) is 0 Å². The summed E-state index contributed by atoms with van der Waals surface area (Å²) >= 11 is 0. The van der Waals surface area contributed by atoms with Crippen molar-refractivity contribution < 1.29 is 19.7 Å². The van der Waals surface area contributed by atoms with Crippen LogP contribution in [0.3, 0.4) is 0 Å². The van der Waals surface area contributed by atoms with Crippen LogP contribution in [0.2, 0.25) is 0 Å². The van der Waals surface area contributed by atoms with Gasteiger partial charge in [0.1, 0.15) is 11.4 Å². The second-order valence-electron chi connectivity index (χ2n) is 10.1. The van der Waals surface area contributed by atoms with Crippen molar-refractivity contribution in [3.63, 3.8) is 0 Å². The molecular formula is C25H41NO4. The zero-order valence-electron chi connectivity index (χ0n) is 20.0. The second-order valence-corrected chi connectivity index (χ2v) is 10.1. The van der Waals surface area contributed by atoms with Crippen LogP contribution in [0.4, 0.5) is 4.79 Å². The first-order valence-electron chi connectivity index (χ1n) is 11.3. The van der Waals surface area contributed by atoms with Crippen LogP contribution in [0, 0.1) is 20.8 Å². The lowest BCUT2D eigenvalue weighted by Crippen LogP contribution is -2.45. The third kappa shape index (κ3) is 5.48. The number of amides is 1. The minimum atomic E-state index is -0.835. The molecule has 0 saturated carbocycles. The molecule has 5 heteroatoms. The molecule has 1 aromatic rings. The first-order chi connectivity index (χ1) is 13.9. The minimum absolute atomic E-state index is 0.0419. The van der Waals surface area contributed by atoms with Crippen LogP contribution in [0.1, 0.15) is 87.6 Å². The number of nitrogens with zero attached hydrogens (tertiary/aromatic N) is 1. The molecule has 1 aliphatic rings. The highest BCUT2D eigenvalue weighted by atomic mass is 16.5. The van der Waals surface area contributed by atoms with Gasteiger partial charge in [0, 0.05) is 12.1 Å². The lowest BCUT2D eigenvalue weighted by Gasteiger charge is -2.37.